The Labute approximate surface area is 137 Å². The highest BCUT2D eigenvalue weighted by molar-refractivity contribution is 5.88. The van der Waals surface area contributed by atoms with E-state index in [1.54, 1.807) is 12.1 Å². The molecule has 3 rings (SSSR count). The van der Waals surface area contributed by atoms with Gasteiger partial charge in [0, 0.05) is 24.6 Å². The molecular weight excluding hydrogens is 308 g/mol. The average molecular weight is 322 g/mol. The summed E-state index contributed by atoms with van der Waals surface area (Å²) in [5.74, 6) is 2.22. The fourth-order valence-electron chi connectivity index (χ4n) is 2.49. The van der Waals surface area contributed by atoms with Crippen LogP contribution in [0.5, 0.6) is 0 Å². The molecule has 0 amide bonds. The number of nitro benzene ring substituents is 1. The third-order valence-electron chi connectivity index (χ3n) is 3.69. The molecule has 7 heteroatoms. The molecule has 3 aromatic rings. The third-order valence-corrected chi connectivity index (χ3v) is 3.69. The Bertz CT molecular complexity index is 972. The topological polar surface area (TPSA) is 96.2 Å². The van der Waals surface area contributed by atoms with Gasteiger partial charge in [-0.05, 0) is 31.2 Å². The number of nitrogens with zero attached hydrogens (tertiary/aromatic N) is 4. The first kappa shape index (κ1) is 15.5. The van der Waals surface area contributed by atoms with E-state index in [0.29, 0.717) is 28.8 Å². The van der Waals surface area contributed by atoms with Crippen LogP contribution >= 0.6 is 0 Å². The number of nitro groups is 1. The molecule has 24 heavy (non-hydrogen) atoms. The van der Waals surface area contributed by atoms with Crippen LogP contribution in [0.25, 0.3) is 10.9 Å². The van der Waals surface area contributed by atoms with E-state index in [1.807, 2.05) is 31.0 Å². The monoisotopic (exact) mass is 322 g/mol. The molecule has 0 aliphatic carbocycles. The summed E-state index contributed by atoms with van der Waals surface area (Å²) in [5, 5.41) is 20.8. The molecule has 0 aliphatic heterocycles. The number of non-ortho nitro benzene ring substituents is 1. The van der Waals surface area contributed by atoms with Crippen molar-refractivity contribution in [2.24, 2.45) is 0 Å². The third kappa shape index (κ3) is 2.90. The SMILES string of the molecule is Cc1ccc(CN(C)c2cc(C#N)c3cc([N+](=O)[O-])ccc3n2)o1. The summed E-state index contributed by atoms with van der Waals surface area (Å²) in [6, 6.07) is 11.8. The van der Waals surface area contributed by atoms with Gasteiger partial charge in [-0.25, -0.2) is 4.98 Å². The molecule has 0 unspecified atom stereocenters. The van der Waals surface area contributed by atoms with Gasteiger partial charge in [0.2, 0.25) is 0 Å². The lowest BCUT2D eigenvalue weighted by molar-refractivity contribution is -0.384. The van der Waals surface area contributed by atoms with Gasteiger partial charge in [-0.1, -0.05) is 0 Å². The van der Waals surface area contributed by atoms with Crippen LogP contribution in [-0.2, 0) is 6.54 Å². The second kappa shape index (κ2) is 6.01. The number of aryl methyl sites for hydroxylation is 1. The summed E-state index contributed by atoms with van der Waals surface area (Å²) in [4.78, 5) is 16.8. The van der Waals surface area contributed by atoms with Gasteiger partial charge in [-0.3, -0.25) is 10.1 Å². The molecular formula is C17H14N4O3. The van der Waals surface area contributed by atoms with Gasteiger partial charge < -0.3 is 9.32 Å². The second-order valence-corrected chi connectivity index (χ2v) is 5.47. The average Bonchev–Trinajstić information content (AvgIpc) is 2.97. The van der Waals surface area contributed by atoms with Crippen molar-refractivity contribution in [1.29, 1.82) is 5.26 Å². The Morgan fingerprint density at radius 3 is 2.75 bits per heavy atom. The molecule has 0 atom stereocenters. The molecule has 0 saturated carbocycles. The van der Waals surface area contributed by atoms with Crippen LogP contribution in [-0.4, -0.2) is 17.0 Å². The molecule has 0 aliphatic rings. The van der Waals surface area contributed by atoms with Crippen LogP contribution in [0.15, 0.2) is 40.8 Å². The standard InChI is InChI=1S/C17H14N4O3/c1-11-3-5-14(24-11)10-20(2)17-7-12(9-18)15-8-13(21(22)23)4-6-16(15)19-17/h3-8H,10H2,1-2H3. The summed E-state index contributed by atoms with van der Waals surface area (Å²) < 4.78 is 5.55. The molecule has 0 fully saturated rings. The zero-order valence-corrected chi connectivity index (χ0v) is 13.2. The predicted octanol–water partition coefficient (Wildman–Crippen LogP) is 3.55. The van der Waals surface area contributed by atoms with E-state index in [9.17, 15) is 15.4 Å². The highest BCUT2D eigenvalue weighted by Gasteiger charge is 2.14. The number of hydrogen-bond donors (Lipinski definition) is 0. The fraction of sp³-hybridized carbons (Fsp3) is 0.176. The van der Waals surface area contributed by atoms with E-state index in [-0.39, 0.29) is 5.69 Å². The highest BCUT2D eigenvalue weighted by atomic mass is 16.6. The lowest BCUT2D eigenvalue weighted by Crippen LogP contribution is -2.17. The maximum absolute atomic E-state index is 10.9. The van der Waals surface area contributed by atoms with Crippen molar-refractivity contribution < 1.29 is 9.34 Å². The number of anilines is 1. The molecule has 0 bridgehead atoms. The smallest absolute Gasteiger partial charge is 0.270 e. The number of hydrogen-bond acceptors (Lipinski definition) is 6. The fourth-order valence-corrected chi connectivity index (χ4v) is 2.49. The molecule has 120 valence electrons. The van der Waals surface area contributed by atoms with Gasteiger partial charge in [0.1, 0.15) is 17.3 Å². The molecule has 0 N–H and O–H groups in total. The molecule has 0 radical (unpaired) electrons. The van der Waals surface area contributed by atoms with Gasteiger partial charge in [-0.2, -0.15) is 5.26 Å². The molecule has 1 aromatic carbocycles. The van der Waals surface area contributed by atoms with Crippen LogP contribution in [0.1, 0.15) is 17.1 Å². The quantitative estimate of drug-likeness (QED) is 0.538. The Morgan fingerprint density at radius 1 is 1.33 bits per heavy atom. The number of pyridine rings is 1. The van der Waals surface area contributed by atoms with Crippen molar-refractivity contribution >= 4 is 22.4 Å². The first-order valence-electron chi connectivity index (χ1n) is 7.23. The van der Waals surface area contributed by atoms with Crippen LogP contribution in [0.4, 0.5) is 11.5 Å². The van der Waals surface area contributed by atoms with Crippen molar-refractivity contribution in [3.63, 3.8) is 0 Å². The number of nitriles is 1. The van der Waals surface area contributed by atoms with Gasteiger partial charge >= 0.3 is 0 Å². The summed E-state index contributed by atoms with van der Waals surface area (Å²) in [5.41, 5.74) is 0.825. The van der Waals surface area contributed by atoms with Crippen LogP contribution in [0.3, 0.4) is 0 Å². The minimum atomic E-state index is -0.486. The van der Waals surface area contributed by atoms with Gasteiger partial charge in [0.05, 0.1) is 28.6 Å². The van der Waals surface area contributed by atoms with Crippen LogP contribution in [0.2, 0.25) is 0 Å². The van der Waals surface area contributed by atoms with Gasteiger partial charge in [0.15, 0.2) is 0 Å². The van der Waals surface area contributed by atoms with Crippen molar-refractivity contribution in [1.82, 2.24) is 4.98 Å². The highest BCUT2D eigenvalue weighted by Crippen LogP contribution is 2.26. The molecule has 0 saturated heterocycles. The van der Waals surface area contributed by atoms with Crippen molar-refractivity contribution in [2.75, 3.05) is 11.9 Å². The van der Waals surface area contributed by atoms with E-state index in [0.717, 1.165) is 11.5 Å². The Balaban J connectivity index is 2.01. The van der Waals surface area contributed by atoms with E-state index < -0.39 is 4.92 Å². The summed E-state index contributed by atoms with van der Waals surface area (Å²) in [6.07, 6.45) is 0. The van der Waals surface area contributed by atoms with Gasteiger partial charge in [-0.15, -0.1) is 0 Å². The molecule has 0 spiro atoms. The molecule has 2 heterocycles. The van der Waals surface area contributed by atoms with E-state index >= 15 is 0 Å². The lowest BCUT2D eigenvalue weighted by atomic mass is 10.1. The first-order chi connectivity index (χ1) is 11.5. The Hall–Kier alpha value is -3.40. The predicted molar refractivity (Wildman–Crippen MR) is 88.7 cm³/mol. The lowest BCUT2D eigenvalue weighted by Gasteiger charge is -2.17. The number of fused-ring (bicyclic) bond motifs is 1. The van der Waals surface area contributed by atoms with E-state index in [1.165, 1.54) is 12.1 Å². The number of benzene rings is 1. The summed E-state index contributed by atoms with van der Waals surface area (Å²) in [7, 11) is 1.85. The normalized spacial score (nSPS) is 10.5. The van der Waals surface area contributed by atoms with Crippen molar-refractivity contribution in [3.05, 3.63) is 63.6 Å². The number of furan rings is 1. The Morgan fingerprint density at radius 2 is 2.12 bits per heavy atom. The minimum absolute atomic E-state index is 0.0621. The van der Waals surface area contributed by atoms with Crippen LogP contribution < -0.4 is 4.90 Å². The largest absolute Gasteiger partial charge is 0.464 e. The zero-order chi connectivity index (χ0) is 17.3. The maximum atomic E-state index is 10.9. The first-order valence-corrected chi connectivity index (χ1v) is 7.23. The molecule has 2 aromatic heterocycles. The minimum Gasteiger partial charge on any atom is -0.464 e. The zero-order valence-electron chi connectivity index (χ0n) is 13.2. The maximum Gasteiger partial charge on any atom is 0.270 e. The summed E-state index contributed by atoms with van der Waals surface area (Å²) >= 11 is 0. The Kier molecular flexibility index (Phi) is 3.88. The number of aromatic nitrogens is 1. The second-order valence-electron chi connectivity index (χ2n) is 5.47. The van der Waals surface area contributed by atoms with E-state index in [2.05, 4.69) is 11.1 Å². The van der Waals surface area contributed by atoms with Crippen molar-refractivity contribution in [3.8, 4) is 6.07 Å². The van der Waals surface area contributed by atoms with Crippen molar-refractivity contribution in [2.45, 2.75) is 13.5 Å². The van der Waals surface area contributed by atoms with Crippen LogP contribution in [0, 0.1) is 28.4 Å². The molecule has 7 nitrogen and oxygen atoms in total. The summed E-state index contributed by atoms with van der Waals surface area (Å²) in [6.45, 7) is 2.38. The van der Waals surface area contributed by atoms with E-state index in [4.69, 9.17) is 4.42 Å². The van der Waals surface area contributed by atoms with Gasteiger partial charge in [0.25, 0.3) is 5.69 Å². The number of rotatable bonds is 4.